The zero-order valence-electron chi connectivity index (χ0n) is 9.19. The topological polar surface area (TPSA) is 46.5 Å². The molecule has 0 radical (unpaired) electrons. The molecule has 0 aliphatic heterocycles. The van der Waals surface area contributed by atoms with Gasteiger partial charge in [0.05, 0.1) is 0 Å². The molecule has 0 aromatic carbocycles. The third kappa shape index (κ3) is 1.56. The summed E-state index contributed by atoms with van der Waals surface area (Å²) in [5.41, 5.74) is -0.754. The number of rotatable bonds is 2. The lowest BCUT2D eigenvalue weighted by Gasteiger charge is -2.57. The third-order valence-corrected chi connectivity index (χ3v) is 4.77. The van der Waals surface area contributed by atoms with Crippen LogP contribution in [0.4, 0.5) is 0 Å². The van der Waals surface area contributed by atoms with Gasteiger partial charge in [-0.25, -0.2) is 0 Å². The summed E-state index contributed by atoms with van der Waals surface area (Å²) in [4.78, 5) is 11.3. The van der Waals surface area contributed by atoms with E-state index in [1.165, 1.54) is 6.42 Å². The molecule has 4 bridgehead atoms. The van der Waals surface area contributed by atoms with Gasteiger partial charge in [-0.3, -0.25) is 4.79 Å². The van der Waals surface area contributed by atoms with Gasteiger partial charge in [-0.05, 0) is 49.9 Å². The molecule has 3 atom stereocenters. The SMILES string of the molecule is O=C(CCl)OC1C2CC3CC(C2)CC1(O)C3. The highest BCUT2D eigenvalue weighted by atomic mass is 35.5. The van der Waals surface area contributed by atoms with E-state index < -0.39 is 11.6 Å². The van der Waals surface area contributed by atoms with Crippen molar-refractivity contribution in [2.75, 3.05) is 5.88 Å². The van der Waals surface area contributed by atoms with Crippen LogP contribution in [0.1, 0.15) is 32.1 Å². The largest absolute Gasteiger partial charge is 0.458 e. The highest BCUT2D eigenvalue weighted by Crippen LogP contribution is 2.56. The minimum absolute atomic E-state index is 0.119. The first kappa shape index (κ1) is 10.8. The van der Waals surface area contributed by atoms with Crippen LogP contribution >= 0.6 is 11.6 Å². The Hall–Kier alpha value is -0.280. The fraction of sp³-hybridized carbons (Fsp3) is 0.917. The monoisotopic (exact) mass is 244 g/mol. The Morgan fingerprint density at radius 1 is 1.31 bits per heavy atom. The predicted octanol–water partition coefficient (Wildman–Crippen LogP) is 1.71. The van der Waals surface area contributed by atoms with Crippen LogP contribution in [-0.4, -0.2) is 28.7 Å². The van der Waals surface area contributed by atoms with Crippen LogP contribution in [0, 0.1) is 17.8 Å². The number of aliphatic hydroxyl groups is 1. The van der Waals surface area contributed by atoms with Crippen LogP contribution in [0.15, 0.2) is 0 Å². The lowest BCUT2D eigenvalue weighted by molar-refractivity contribution is -0.221. The molecule has 4 aliphatic carbocycles. The summed E-state index contributed by atoms with van der Waals surface area (Å²) in [5.74, 6) is 1.14. The summed E-state index contributed by atoms with van der Waals surface area (Å²) in [7, 11) is 0. The molecule has 0 spiro atoms. The van der Waals surface area contributed by atoms with Crippen molar-refractivity contribution in [3.05, 3.63) is 0 Å². The maximum Gasteiger partial charge on any atom is 0.321 e. The Bertz CT molecular complexity index is 303. The highest BCUT2D eigenvalue weighted by Gasteiger charge is 2.58. The van der Waals surface area contributed by atoms with Crippen molar-refractivity contribution in [2.24, 2.45) is 17.8 Å². The molecular formula is C12H17ClO3. The van der Waals surface area contributed by atoms with Gasteiger partial charge in [-0.15, -0.1) is 11.6 Å². The first-order chi connectivity index (χ1) is 7.60. The number of hydrogen-bond donors (Lipinski definition) is 1. The Labute approximate surface area is 100 Å². The second-order valence-electron chi connectivity index (χ2n) is 5.76. The maximum atomic E-state index is 11.3. The standard InChI is InChI=1S/C12H17ClO3/c13-6-10(14)16-11-9-2-7-1-8(3-9)5-12(11,15)4-7/h7-9,11,15H,1-6H2. The molecule has 4 rings (SSSR count). The Kier molecular flexibility index (Phi) is 2.44. The van der Waals surface area contributed by atoms with Crippen molar-refractivity contribution in [1.29, 1.82) is 0 Å². The van der Waals surface area contributed by atoms with E-state index in [0.29, 0.717) is 17.8 Å². The van der Waals surface area contributed by atoms with Crippen molar-refractivity contribution in [2.45, 2.75) is 43.8 Å². The Morgan fingerprint density at radius 3 is 2.44 bits per heavy atom. The molecule has 16 heavy (non-hydrogen) atoms. The summed E-state index contributed by atoms with van der Waals surface area (Å²) < 4.78 is 5.36. The Balaban J connectivity index is 1.81. The van der Waals surface area contributed by atoms with E-state index in [9.17, 15) is 9.90 Å². The van der Waals surface area contributed by atoms with E-state index in [2.05, 4.69) is 0 Å². The predicted molar refractivity (Wildman–Crippen MR) is 59.1 cm³/mol. The molecule has 3 nitrogen and oxygen atoms in total. The second kappa shape index (κ2) is 3.61. The molecule has 0 aromatic heterocycles. The maximum absolute atomic E-state index is 11.3. The average molecular weight is 245 g/mol. The van der Waals surface area contributed by atoms with Crippen LogP contribution in [0.25, 0.3) is 0 Å². The zero-order valence-corrected chi connectivity index (χ0v) is 9.95. The van der Waals surface area contributed by atoms with Crippen LogP contribution in [0.5, 0.6) is 0 Å². The quantitative estimate of drug-likeness (QED) is 0.594. The number of ether oxygens (including phenoxy) is 1. The van der Waals surface area contributed by atoms with Gasteiger partial charge in [0.15, 0.2) is 0 Å². The van der Waals surface area contributed by atoms with Crippen LogP contribution in [0.3, 0.4) is 0 Å². The van der Waals surface area contributed by atoms with E-state index in [1.54, 1.807) is 0 Å². The summed E-state index contributed by atoms with van der Waals surface area (Å²) >= 11 is 5.45. The second-order valence-corrected chi connectivity index (χ2v) is 6.02. The highest BCUT2D eigenvalue weighted by molar-refractivity contribution is 6.26. The number of alkyl halides is 1. The molecule has 3 unspecified atom stereocenters. The summed E-state index contributed by atoms with van der Waals surface area (Å²) in [6.07, 6.45) is 4.79. The van der Waals surface area contributed by atoms with Gasteiger partial charge < -0.3 is 9.84 Å². The minimum atomic E-state index is -0.754. The smallest absolute Gasteiger partial charge is 0.321 e. The van der Waals surface area contributed by atoms with Gasteiger partial charge in [0, 0.05) is 0 Å². The lowest BCUT2D eigenvalue weighted by Crippen LogP contribution is -2.61. The zero-order chi connectivity index (χ0) is 11.3. The molecule has 4 heteroatoms. The molecule has 4 aliphatic rings. The minimum Gasteiger partial charge on any atom is -0.458 e. The van der Waals surface area contributed by atoms with E-state index >= 15 is 0 Å². The molecule has 0 heterocycles. The van der Waals surface area contributed by atoms with Crippen molar-refractivity contribution in [3.63, 3.8) is 0 Å². The fourth-order valence-corrected chi connectivity index (χ4v) is 4.39. The third-order valence-electron chi connectivity index (χ3n) is 4.55. The fourth-order valence-electron chi connectivity index (χ4n) is 4.33. The lowest BCUT2D eigenvalue weighted by atomic mass is 9.53. The first-order valence-corrected chi connectivity index (χ1v) is 6.62. The van der Waals surface area contributed by atoms with E-state index in [0.717, 1.165) is 25.7 Å². The molecule has 90 valence electrons. The van der Waals surface area contributed by atoms with Crippen molar-refractivity contribution in [1.82, 2.24) is 0 Å². The molecule has 0 aromatic rings. The summed E-state index contributed by atoms with van der Waals surface area (Å²) in [6.45, 7) is 0. The van der Waals surface area contributed by atoms with Crippen molar-refractivity contribution in [3.8, 4) is 0 Å². The van der Waals surface area contributed by atoms with Crippen LogP contribution in [-0.2, 0) is 9.53 Å². The number of carbonyl (C=O) groups is 1. The normalized spacial score (nSPS) is 49.4. The van der Waals surface area contributed by atoms with Crippen molar-refractivity contribution >= 4 is 17.6 Å². The van der Waals surface area contributed by atoms with E-state index in [4.69, 9.17) is 16.3 Å². The van der Waals surface area contributed by atoms with E-state index in [1.807, 2.05) is 0 Å². The van der Waals surface area contributed by atoms with Gasteiger partial charge >= 0.3 is 5.97 Å². The molecule has 0 amide bonds. The summed E-state index contributed by atoms with van der Waals surface area (Å²) in [5, 5.41) is 10.6. The number of hydrogen-bond acceptors (Lipinski definition) is 3. The number of carbonyl (C=O) groups excluding carboxylic acids is 1. The molecule has 0 saturated heterocycles. The van der Waals surface area contributed by atoms with Crippen LogP contribution < -0.4 is 0 Å². The Morgan fingerprint density at radius 2 is 1.94 bits per heavy atom. The van der Waals surface area contributed by atoms with Gasteiger partial charge in [0.2, 0.25) is 0 Å². The number of esters is 1. The molecule has 4 fully saturated rings. The van der Waals surface area contributed by atoms with E-state index in [-0.39, 0.29) is 12.0 Å². The molecule has 4 saturated carbocycles. The van der Waals surface area contributed by atoms with Gasteiger partial charge in [0.1, 0.15) is 17.6 Å². The first-order valence-electron chi connectivity index (χ1n) is 6.08. The van der Waals surface area contributed by atoms with Gasteiger partial charge in [-0.1, -0.05) is 0 Å². The summed E-state index contributed by atoms with van der Waals surface area (Å²) in [6, 6.07) is 0. The molecular weight excluding hydrogens is 228 g/mol. The van der Waals surface area contributed by atoms with Gasteiger partial charge in [0.25, 0.3) is 0 Å². The molecule has 1 N–H and O–H groups in total. The van der Waals surface area contributed by atoms with Gasteiger partial charge in [-0.2, -0.15) is 0 Å². The van der Waals surface area contributed by atoms with Crippen molar-refractivity contribution < 1.29 is 14.6 Å². The van der Waals surface area contributed by atoms with Crippen LogP contribution in [0.2, 0.25) is 0 Å². The average Bonchev–Trinajstić information content (AvgIpc) is 2.21. The number of halogens is 1.